The molecule has 3 aromatic heterocycles. The number of nitrogens with two attached hydrogens (primary N) is 1. The van der Waals surface area contributed by atoms with Gasteiger partial charge < -0.3 is 15.6 Å². The molecule has 1 aliphatic rings. The van der Waals surface area contributed by atoms with E-state index >= 15 is 0 Å². The van der Waals surface area contributed by atoms with Gasteiger partial charge in [0.2, 0.25) is 0 Å². The monoisotopic (exact) mass is 349 g/mol. The van der Waals surface area contributed by atoms with Crippen LogP contribution in [0.5, 0.6) is 0 Å². The van der Waals surface area contributed by atoms with Crippen molar-refractivity contribution >= 4 is 16.9 Å². The molecule has 1 amide bonds. The van der Waals surface area contributed by atoms with Crippen molar-refractivity contribution in [1.29, 1.82) is 0 Å². The fourth-order valence-electron chi connectivity index (χ4n) is 3.47. The lowest BCUT2D eigenvalue weighted by atomic mass is 10.0. The van der Waals surface area contributed by atoms with Gasteiger partial charge in [-0.05, 0) is 43.0 Å². The highest BCUT2D eigenvalue weighted by Crippen LogP contribution is 2.24. The molecule has 4 rings (SSSR count). The number of aryl methyl sites for hydroxylation is 1. The number of rotatable bonds is 3. The van der Waals surface area contributed by atoms with Crippen LogP contribution in [0.2, 0.25) is 0 Å². The highest BCUT2D eigenvalue weighted by Gasteiger charge is 2.21. The van der Waals surface area contributed by atoms with Gasteiger partial charge in [0.25, 0.3) is 5.91 Å². The van der Waals surface area contributed by atoms with Crippen molar-refractivity contribution < 1.29 is 4.79 Å². The van der Waals surface area contributed by atoms with Crippen molar-refractivity contribution in [2.45, 2.75) is 32.2 Å². The number of carbonyl (C=O) groups excluding carboxylic acids is 1. The summed E-state index contributed by atoms with van der Waals surface area (Å²) in [6, 6.07) is 6.06. The third-order valence-electron chi connectivity index (χ3n) is 5.13. The van der Waals surface area contributed by atoms with Gasteiger partial charge >= 0.3 is 0 Å². The highest BCUT2D eigenvalue weighted by atomic mass is 16.2. The zero-order valence-corrected chi connectivity index (χ0v) is 14.9. The molecule has 3 N–H and O–H groups in total. The van der Waals surface area contributed by atoms with Crippen LogP contribution in [0, 0.1) is 0 Å². The standard InChI is InChI=1S/C20H23N5O/c1-2-13-10-23-19-17(13)9-15(12-24-19)18-4-3-14(11-22-18)20(26)25-7-5-16(21)6-8-25/h3-4,9-12,16H,2,5-8,21H2,1H3,(H,23,24). The topological polar surface area (TPSA) is 87.9 Å². The van der Waals surface area contributed by atoms with Gasteiger partial charge in [-0.15, -0.1) is 0 Å². The molecule has 0 unspecified atom stereocenters. The Hall–Kier alpha value is -2.73. The third kappa shape index (κ3) is 3.08. The zero-order valence-electron chi connectivity index (χ0n) is 14.9. The molecule has 1 aliphatic heterocycles. The average Bonchev–Trinajstić information content (AvgIpc) is 3.10. The number of aromatic nitrogens is 3. The van der Waals surface area contributed by atoms with E-state index in [1.54, 1.807) is 6.20 Å². The van der Waals surface area contributed by atoms with Crippen LogP contribution < -0.4 is 5.73 Å². The normalized spacial score (nSPS) is 15.5. The summed E-state index contributed by atoms with van der Waals surface area (Å²) in [5.74, 6) is 0.0310. The SMILES string of the molecule is CCc1c[nH]c2ncc(-c3ccc(C(=O)N4CCC(N)CC4)cn3)cc12. The Morgan fingerprint density at radius 2 is 2.08 bits per heavy atom. The number of hydrogen-bond acceptors (Lipinski definition) is 4. The molecule has 0 saturated carbocycles. The predicted molar refractivity (Wildman–Crippen MR) is 102 cm³/mol. The fraction of sp³-hybridized carbons (Fsp3) is 0.350. The fourth-order valence-corrected chi connectivity index (χ4v) is 3.47. The Bertz CT molecular complexity index is 923. The van der Waals surface area contributed by atoms with Gasteiger partial charge in [0.1, 0.15) is 5.65 Å². The van der Waals surface area contributed by atoms with E-state index in [4.69, 9.17) is 5.73 Å². The molecule has 4 heterocycles. The second-order valence-corrected chi connectivity index (χ2v) is 6.85. The molecule has 6 heteroatoms. The molecule has 0 bridgehead atoms. The summed E-state index contributed by atoms with van der Waals surface area (Å²) in [5.41, 5.74) is 10.4. The van der Waals surface area contributed by atoms with E-state index in [1.165, 1.54) is 5.56 Å². The molecule has 0 atom stereocenters. The van der Waals surface area contributed by atoms with Gasteiger partial charge in [-0.3, -0.25) is 9.78 Å². The zero-order chi connectivity index (χ0) is 18.1. The molecule has 0 aromatic carbocycles. The number of amides is 1. The smallest absolute Gasteiger partial charge is 0.255 e. The Kier molecular flexibility index (Phi) is 4.42. The first-order chi connectivity index (χ1) is 12.7. The quantitative estimate of drug-likeness (QED) is 0.761. The summed E-state index contributed by atoms with van der Waals surface area (Å²) in [4.78, 5) is 26.6. The maximum Gasteiger partial charge on any atom is 0.255 e. The Morgan fingerprint density at radius 3 is 2.77 bits per heavy atom. The maximum absolute atomic E-state index is 12.6. The molecule has 1 saturated heterocycles. The van der Waals surface area contributed by atoms with Gasteiger partial charge in [-0.2, -0.15) is 0 Å². The number of aromatic amines is 1. The van der Waals surface area contributed by atoms with Crippen LogP contribution in [0.1, 0.15) is 35.7 Å². The van der Waals surface area contributed by atoms with E-state index in [9.17, 15) is 4.79 Å². The number of nitrogens with one attached hydrogen (secondary N) is 1. The van der Waals surface area contributed by atoms with E-state index in [0.717, 1.165) is 54.6 Å². The van der Waals surface area contributed by atoms with Crippen LogP contribution in [0.25, 0.3) is 22.3 Å². The van der Waals surface area contributed by atoms with E-state index < -0.39 is 0 Å². The van der Waals surface area contributed by atoms with Crippen molar-refractivity contribution in [1.82, 2.24) is 19.9 Å². The number of nitrogens with zero attached hydrogens (tertiary/aromatic N) is 3. The van der Waals surface area contributed by atoms with Crippen molar-refractivity contribution in [2.75, 3.05) is 13.1 Å². The van der Waals surface area contributed by atoms with Gasteiger partial charge in [0.05, 0.1) is 11.3 Å². The van der Waals surface area contributed by atoms with Crippen LogP contribution in [-0.2, 0) is 6.42 Å². The minimum absolute atomic E-state index is 0.0310. The highest BCUT2D eigenvalue weighted by molar-refractivity contribution is 5.94. The lowest BCUT2D eigenvalue weighted by molar-refractivity contribution is 0.0714. The van der Waals surface area contributed by atoms with Crippen molar-refractivity contribution in [3.05, 3.63) is 47.9 Å². The predicted octanol–water partition coefficient (Wildman–Crippen LogP) is 2.75. The molecule has 0 aliphatic carbocycles. The summed E-state index contributed by atoms with van der Waals surface area (Å²) < 4.78 is 0. The van der Waals surface area contributed by atoms with Crippen molar-refractivity contribution in [3.63, 3.8) is 0 Å². The number of pyridine rings is 2. The minimum Gasteiger partial charge on any atom is -0.346 e. The summed E-state index contributed by atoms with van der Waals surface area (Å²) >= 11 is 0. The lowest BCUT2D eigenvalue weighted by Gasteiger charge is -2.30. The molecule has 0 spiro atoms. The van der Waals surface area contributed by atoms with E-state index in [0.29, 0.717) is 5.56 Å². The summed E-state index contributed by atoms with van der Waals surface area (Å²) in [6.45, 7) is 3.56. The van der Waals surface area contributed by atoms with Gasteiger partial charge in [0.15, 0.2) is 0 Å². The number of fused-ring (bicyclic) bond motifs is 1. The first-order valence-electron chi connectivity index (χ1n) is 9.13. The van der Waals surface area contributed by atoms with Crippen LogP contribution >= 0.6 is 0 Å². The Labute approximate surface area is 152 Å². The van der Waals surface area contributed by atoms with E-state index in [2.05, 4.69) is 27.9 Å². The summed E-state index contributed by atoms with van der Waals surface area (Å²) in [7, 11) is 0. The van der Waals surface area contributed by atoms with Crippen LogP contribution in [0.3, 0.4) is 0 Å². The van der Waals surface area contributed by atoms with Gasteiger partial charge in [-0.25, -0.2) is 4.98 Å². The second kappa shape index (κ2) is 6.88. The average molecular weight is 349 g/mol. The Balaban J connectivity index is 1.57. The van der Waals surface area contributed by atoms with Gasteiger partial charge in [0, 0.05) is 48.7 Å². The number of piperidine rings is 1. The molecule has 6 nitrogen and oxygen atoms in total. The maximum atomic E-state index is 12.6. The second-order valence-electron chi connectivity index (χ2n) is 6.85. The van der Waals surface area contributed by atoms with Crippen molar-refractivity contribution in [3.8, 4) is 11.3 Å². The van der Waals surface area contributed by atoms with Crippen LogP contribution in [-0.4, -0.2) is 44.9 Å². The number of carbonyl (C=O) groups is 1. The lowest BCUT2D eigenvalue weighted by Crippen LogP contribution is -2.42. The minimum atomic E-state index is 0.0310. The summed E-state index contributed by atoms with van der Waals surface area (Å²) in [6.07, 6.45) is 8.15. The van der Waals surface area contributed by atoms with Gasteiger partial charge in [-0.1, -0.05) is 6.92 Å². The number of hydrogen-bond donors (Lipinski definition) is 2. The molecule has 3 aromatic rings. The summed E-state index contributed by atoms with van der Waals surface area (Å²) in [5, 5.41) is 1.12. The first-order valence-corrected chi connectivity index (χ1v) is 9.13. The molecular weight excluding hydrogens is 326 g/mol. The number of H-pyrrole nitrogens is 1. The molecule has 134 valence electrons. The van der Waals surface area contributed by atoms with Crippen molar-refractivity contribution in [2.24, 2.45) is 5.73 Å². The number of likely N-dealkylation sites (tertiary alicyclic amines) is 1. The largest absolute Gasteiger partial charge is 0.346 e. The van der Waals surface area contributed by atoms with Crippen LogP contribution in [0.15, 0.2) is 36.8 Å². The molecule has 0 radical (unpaired) electrons. The first kappa shape index (κ1) is 16.7. The molecule has 26 heavy (non-hydrogen) atoms. The third-order valence-corrected chi connectivity index (χ3v) is 5.13. The molecule has 1 fully saturated rings. The van der Waals surface area contributed by atoms with E-state index in [1.807, 2.05) is 29.4 Å². The van der Waals surface area contributed by atoms with Crippen LogP contribution in [0.4, 0.5) is 0 Å². The molecular formula is C20H23N5O. The Morgan fingerprint density at radius 1 is 1.27 bits per heavy atom. The van der Waals surface area contributed by atoms with E-state index in [-0.39, 0.29) is 11.9 Å².